The van der Waals surface area contributed by atoms with E-state index in [2.05, 4.69) is 0 Å². The Bertz CT molecular complexity index is 244. The fourth-order valence-corrected chi connectivity index (χ4v) is 1.49. The van der Waals surface area contributed by atoms with Crippen molar-refractivity contribution in [1.29, 1.82) is 0 Å². The second-order valence-corrected chi connectivity index (χ2v) is 3.81. The Morgan fingerprint density at radius 1 is 1.40 bits per heavy atom. The second-order valence-electron chi connectivity index (χ2n) is 2.71. The highest BCUT2D eigenvalue weighted by atomic mass is 32.2. The lowest BCUT2D eigenvalue weighted by Gasteiger charge is -2.06. The van der Waals surface area contributed by atoms with Crippen LogP contribution >= 0.6 is 11.8 Å². The largest absolute Gasteiger partial charge is 0.480 e. The molecular weight excluding hydrogens is 235 g/mol. The number of rotatable bonds is 6. The Morgan fingerprint density at radius 3 is 2.33 bits per heavy atom. The van der Waals surface area contributed by atoms with Crippen LogP contribution in [0.25, 0.3) is 0 Å². The van der Waals surface area contributed by atoms with Crippen molar-refractivity contribution >= 4 is 23.5 Å². The third kappa shape index (κ3) is 6.34. The van der Waals surface area contributed by atoms with Crippen LogP contribution < -0.4 is 5.73 Å². The number of aliphatic carboxylic acids is 1. The van der Waals surface area contributed by atoms with Crippen molar-refractivity contribution in [2.24, 2.45) is 5.73 Å². The van der Waals surface area contributed by atoms with Crippen LogP contribution in [0.2, 0.25) is 0 Å². The minimum Gasteiger partial charge on any atom is -0.480 e. The van der Waals surface area contributed by atoms with Gasteiger partial charge in [-0.05, 0) is 12.2 Å². The molecule has 3 N–H and O–H groups in total. The molecule has 0 saturated heterocycles. The van der Waals surface area contributed by atoms with Crippen LogP contribution in [-0.2, 0) is 9.59 Å². The minimum absolute atomic E-state index is 0.0329. The van der Waals surface area contributed by atoms with Crippen molar-refractivity contribution in [3.05, 3.63) is 0 Å². The van der Waals surface area contributed by atoms with Crippen molar-refractivity contribution in [2.45, 2.75) is 18.6 Å². The van der Waals surface area contributed by atoms with Gasteiger partial charge < -0.3 is 10.8 Å². The molecule has 0 radical (unpaired) electrons. The SMILES string of the molecule is N[C@@H](CCSCC(=O)C(F)(F)F)C(=O)O. The summed E-state index contributed by atoms with van der Waals surface area (Å²) in [6, 6.07) is -1.10. The molecule has 0 aliphatic heterocycles. The summed E-state index contributed by atoms with van der Waals surface area (Å²) in [5.74, 6) is -3.63. The number of hydrogen-bond donors (Lipinski definition) is 2. The van der Waals surface area contributed by atoms with Gasteiger partial charge in [0, 0.05) is 0 Å². The smallest absolute Gasteiger partial charge is 0.450 e. The third-order valence-electron chi connectivity index (χ3n) is 1.44. The fraction of sp³-hybridized carbons (Fsp3) is 0.714. The fourth-order valence-electron chi connectivity index (χ4n) is 0.580. The number of Topliss-reactive ketones (excluding diaryl/α,β-unsaturated/α-hetero) is 1. The molecule has 1 atom stereocenters. The van der Waals surface area contributed by atoms with Crippen molar-refractivity contribution < 1.29 is 27.9 Å². The molecule has 0 aromatic carbocycles. The quantitative estimate of drug-likeness (QED) is 0.672. The molecule has 8 heteroatoms. The minimum atomic E-state index is -4.82. The Labute approximate surface area is 88.0 Å². The first-order valence-electron chi connectivity index (χ1n) is 3.91. The number of ketones is 1. The molecule has 0 aromatic heterocycles. The lowest BCUT2D eigenvalue weighted by Crippen LogP contribution is -2.31. The lowest BCUT2D eigenvalue weighted by molar-refractivity contribution is -0.167. The molecule has 0 aliphatic carbocycles. The zero-order valence-corrected chi connectivity index (χ0v) is 8.40. The zero-order valence-electron chi connectivity index (χ0n) is 7.58. The summed E-state index contributed by atoms with van der Waals surface area (Å²) >= 11 is 0.721. The molecule has 0 fully saturated rings. The summed E-state index contributed by atoms with van der Waals surface area (Å²) in [4.78, 5) is 20.6. The molecule has 0 aromatic rings. The summed E-state index contributed by atoms with van der Waals surface area (Å²) in [7, 11) is 0. The van der Waals surface area contributed by atoms with Gasteiger partial charge in [0.05, 0.1) is 5.75 Å². The number of nitrogens with two attached hydrogens (primary N) is 1. The van der Waals surface area contributed by atoms with Gasteiger partial charge in [0.2, 0.25) is 5.78 Å². The van der Waals surface area contributed by atoms with Crippen LogP contribution in [0.4, 0.5) is 13.2 Å². The van der Waals surface area contributed by atoms with Crippen molar-refractivity contribution in [3.63, 3.8) is 0 Å². The highest BCUT2D eigenvalue weighted by Gasteiger charge is 2.37. The molecule has 0 heterocycles. The Morgan fingerprint density at radius 2 is 1.93 bits per heavy atom. The van der Waals surface area contributed by atoms with E-state index in [9.17, 15) is 22.8 Å². The number of carboxylic acids is 1. The number of carbonyl (C=O) groups excluding carboxylic acids is 1. The third-order valence-corrected chi connectivity index (χ3v) is 2.43. The second kappa shape index (κ2) is 5.96. The molecule has 0 saturated carbocycles. The van der Waals surface area contributed by atoms with Gasteiger partial charge in [-0.2, -0.15) is 24.9 Å². The molecule has 0 spiro atoms. The summed E-state index contributed by atoms with van der Waals surface area (Å²) in [5, 5.41) is 8.34. The topological polar surface area (TPSA) is 80.4 Å². The zero-order chi connectivity index (χ0) is 12.1. The van der Waals surface area contributed by atoms with Gasteiger partial charge in [-0.15, -0.1) is 0 Å². The maximum Gasteiger partial charge on any atom is 0.450 e. The summed E-state index contributed by atoms with van der Waals surface area (Å²) < 4.78 is 35.0. The van der Waals surface area contributed by atoms with Gasteiger partial charge >= 0.3 is 12.1 Å². The van der Waals surface area contributed by atoms with E-state index in [1.165, 1.54) is 0 Å². The predicted octanol–water partition coefficient (Wildman–Crippen LogP) is 0.653. The van der Waals surface area contributed by atoms with E-state index in [1.54, 1.807) is 0 Å². The Hall–Kier alpha value is -0.760. The maximum absolute atomic E-state index is 11.7. The van der Waals surface area contributed by atoms with Gasteiger partial charge in [-0.1, -0.05) is 0 Å². The molecule has 15 heavy (non-hydrogen) atoms. The highest BCUT2D eigenvalue weighted by molar-refractivity contribution is 7.99. The molecule has 0 aliphatic rings. The van der Waals surface area contributed by atoms with Crippen LogP contribution in [0.5, 0.6) is 0 Å². The number of alkyl halides is 3. The Balaban J connectivity index is 3.64. The highest BCUT2D eigenvalue weighted by Crippen LogP contribution is 2.19. The molecule has 0 amide bonds. The number of carboxylic acid groups (broad SMARTS) is 1. The monoisotopic (exact) mass is 245 g/mol. The summed E-state index contributed by atoms with van der Waals surface area (Å²) in [6.07, 6.45) is -4.78. The average Bonchev–Trinajstić information content (AvgIpc) is 2.09. The molecule has 4 nitrogen and oxygen atoms in total. The maximum atomic E-state index is 11.7. The van der Waals surface area contributed by atoms with Gasteiger partial charge in [0.1, 0.15) is 6.04 Å². The van der Waals surface area contributed by atoms with Crippen LogP contribution in [0.1, 0.15) is 6.42 Å². The number of thioether (sulfide) groups is 1. The Kier molecular flexibility index (Phi) is 5.66. The van der Waals surface area contributed by atoms with Gasteiger partial charge in [0.15, 0.2) is 0 Å². The van der Waals surface area contributed by atoms with Crippen LogP contribution in [0.3, 0.4) is 0 Å². The van der Waals surface area contributed by atoms with Gasteiger partial charge in [-0.25, -0.2) is 0 Å². The van der Waals surface area contributed by atoms with E-state index in [-0.39, 0.29) is 12.2 Å². The molecule has 0 unspecified atom stereocenters. The first-order valence-corrected chi connectivity index (χ1v) is 5.06. The lowest BCUT2D eigenvalue weighted by atomic mass is 10.2. The molecular formula is C7H10F3NO3S. The number of carbonyl (C=O) groups is 2. The van der Waals surface area contributed by atoms with Crippen molar-refractivity contribution in [1.82, 2.24) is 0 Å². The molecule has 0 bridgehead atoms. The van der Waals surface area contributed by atoms with Gasteiger partial charge in [0.25, 0.3) is 0 Å². The normalized spacial score (nSPS) is 13.6. The molecule has 0 rings (SSSR count). The summed E-state index contributed by atoms with van der Waals surface area (Å²) in [6.45, 7) is 0. The first-order chi connectivity index (χ1) is 6.75. The van der Waals surface area contributed by atoms with Crippen LogP contribution in [-0.4, -0.2) is 40.6 Å². The number of halogens is 3. The predicted molar refractivity (Wildman–Crippen MR) is 48.6 cm³/mol. The number of hydrogen-bond acceptors (Lipinski definition) is 4. The van der Waals surface area contributed by atoms with Crippen molar-refractivity contribution in [2.75, 3.05) is 11.5 Å². The van der Waals surface area contributed by atoms with E-state index in [0.717, 1.165) is 11.8 Å². The van der Waals surface area contributed by atoms with E-state index in [4.69, 9.17) is 10.8 Å². The van der Waals surface area contributed by atoms with Crippen LogP contribution in [0.15, 0.2) is 0 Å². The van der Waals surface area contributed by atoms with Crippen LogP contribution in [0, 0.1) is 0 Å². The van der Waals surface area contributed by atoms with E-state index in [0.29, 0.717) is 0 Å². The summed E-state index contributed by atoms with van der Waals surface area (Å²) in [5.41, 5.74) is 5.10. The molecule has 88 valence electrons. The van der Waals surface area contributed by atoms with Gasteiger partial charge in [-0.3, -0.25) is 9.59 Å². The average molecular weight is 245 g/mol. The van der Waals surface area contributed by atoms with E-state index < -0.39 is 29.7 Å². The first kappa shape index (κ1) is 14.2. The van der Waals surface area contributed by atoms with E-state index in [1.807, 2.05) is 0 Å². The van der Waals surface area contributed by atoms with Crippen molar-refractivity contribution in [3.8, 4) is 0 Å². The standard InChI is InChI=1S/C7H10F3NO3S/c8-7(9,10)5(12)3-15-2-1-4(11)6(13)14/h4H,1-3,11H2,(H,13,14)/t4-/m0/s1. The van der Waals surface area contributed by atoms with E-state index >= 15 is 0 Å².